The summed E-state index contributed by atoms with van der Waals surface area (Å²) >= 11 is 5.99. The number of hydrogen-bond donors (Lipinski definition) is 2. The van der Waals surface area contributed by atoms with Gasteiger partial charge in [0.2, 0.25) is 10.0 Å². The fraction of sp³-hybridized carbons (Fsp3) is 0.133. The van der Waals surface area contributed by atoms with Crippen molar-refractivity contribution in [2.75, 3.05) is 0 Å². The largest absolute Gasteiger partial charge is 0.341 e. The van der Waals surface area contributed by atoms with Gasteiger partial charge in [-0.1, -0.05) is 41.9 Å². The summed E-state index contributed by atoms with van der Waals surface area (Å²) < 4.78 is 26.8. The minimum atomic E-state index is -3.49. The molecule has 0 amide bonds. The third-order valence-corrected chi connectivity index (χ3v) is 4.85. The molecule has 1 aromatic heterocycles. The Balaban J connectivity index is 1.71. The highest BCUT2D eigenvalue weighted by atomic mass is 35.5. The molecule has 3 rings (SSSR count). The Bertz CT molecular complexity index is 873. The first-order valence-electron chi connectivity index (χ1n) is 6.68. The van der Waals surface area contributed by atoms with E-state index in [1.807, 2.05) is 24.3 Å². The van der Waals surface area contributed by atoms with Gasteiger partial charge in [-0.25, -0.2) is 18.1 Å². The number of rotatable bonds is 5. The number of sulfonamides is 1. The number of halogens is 1. The summed E-state index contributed by atoms with van der Waals surface area (Å²) in [4.78, 5) is 7.41. The van der Waals surface area contributed by atoms with Crippen LogP contribution in [0.3, 0.4) is 0 Å². The van der Waals surface area contributed by atoms with Crippen LogP contribution in [0.25, 0.3) is 11.0 Å². The van der Waals surface area contributed by atoms with E-state index in [0.29, 0.717) is 16.4 Å². The van der Waals surface area contributed by atoms with Crippen LogP contribution in [0.2, 0.25) is 5.02 Å². The van der Waals surface area contributed by atoms with Crippen LogP contribution >= 0.6 is 11.6 Å². The Morgan fingerprint density at radius 3 is 2.59 bits per heavy atom. The predicted octanol–water partition coefficient (Wildman–Crippen LogP) is 2.84. The second-order valence-electron chi connectivity index (χ2n) is 4.87. The molecule has 114 valence electrons. The van der Waals surface area contributed by atoms with Gasteiger partial charge >= 0.3 is 0 Å². The van der Waals surface area contributed by atoms with Gasteiger partial charge in [-0.05, 0) is 23.8 Å². The molecular formula is C15H14ClN3O2S. The van der Waals surface area contributed by atoms with Gasteiger partial charge in [-0.15, -0.1) is 0 Å². The zero-order chi connectivity index (χ0) is 15.6. The molecule has 0 aliphatic rings. The van der Waals surface area contributed by atoms with Crippen LogP contribution < -0.4 is 4.72 Å². The molecule has 0 bridgehead atoms. The SMILES string of the molecule is O=S(=O)(Cc1ccccc1Cl)NCc1nc2ccccc2[nH]1. The lowest BCUT2D eigenvalue weighted by molar-refractivity contribution is 0.579. The maximum Gasteiger partial charge on any atom is 0.216 e. The first kappa shape index (κ1) is 15.0. The fourth-order valence-corrected chi connectivity index (χ4v) is 3.54. The minimum Gasteiger partial charge on any atom is -0.341 e. The van der Waals surface area contributed by atoms with E-state index in [2.05, 4.69) is 14.7 Å². The van der Waals surface area contributed by atoms with E-state index in [1.54, 1.807) is 24.3 Å². The van der Waals surface area contributed by atoms with Gasteiger partial charge in [0.15, 0.2) is 0 Å². The van der Waals surface area contributed by atoms with Crippen molar-refractivity contribution in [3.63, 3.8) is 0 Å². The van der Waals surface area contributed by atoms with Crippen molar-refractivity contribution in [1.29, 1.82) is 0 Å². The molecule has 0 aliphatic heterocycles. The molecule has 0 saturated heterocycles. The zero-order valence-corrected chi connectivity index (χ0v) is 13.2. The Labute approximate surface area is 133 Å². The molecule has 0 radical (unpaired) electrons. The number of benzene rings is 2. The summed E-state index contributed by atoms with van der Waals surface area (Å²) in [5.41, 5.74) is 2.26. The maximum absolute atomic E-state index is 12.1. The standard InChI is InChI=1S/C15H14ClN3O2S/c16-12-6-2-1-5-11(12)10-22(20,21)17-9-15-18-13-7-3-4-8-14(13)19-15/h1-8,17H,9-10H2,(H,18,19). The van der Waals surface area contributed by atoms with Crippen LogP contribution in [0, 0.1) is 0 Å². The third-order valence-electron chi connectivity index (χ3n) is 3.20. The summed E-state index contributed by atoms with van der Waals surface area (Å²) in [5.74, 6) is 0.413. The van der Waals surface area contributed by atoms with E-state index >= 15 is 0 Å². The predicted molar refractivity (Wildman–Crippen MR) is 87.0 cm³/mol. The van der Waals surface area contributed by atoms with E-state index < -0.39 is 10.0 Å². The van der Waals surface area contributed by atoms with Crippen molar-refractivity contribution >= 4 is 32.7 Å². The number of nitrogens with zero attached hydrogens (tertiary/aromatic N) is 1. The quantitative estimate of drug-likeness (QED) is 0.753. The molecule has 2 N–H and O–H groups in total. The van der Waals surface area contributed by atoms with Crippen molar-refractivity contribution in [1.82, 2.24) is 14.7 Å². The highest BCUT2D eigenvalue weighted by Gasteiger charge is 2.14. The van der Waals surface area contributed by atoms with Crippen molar-refractivity contribution in [2.45, 2.75) is 12.3 Å². The molecule has 2 aromatic carbocycles. The molecule has 0 fully saturated rings. The molecule has 7 heteroatoms. The summed E-state index contributed by atoms with van der Waals surface area (Å²) in [5, 5.41) is 0.441. The summed E-state index contributed by atoms with van der Waals surface area (Å²) in [6.07, 6.45) is 0. The second-order valence-corrected chi connectivity index (χ2v) is 7.09. The minimum absolute atomic E-state index is 0.113. The van der Waals surface area contributed by atoms with E-state index in [0.717, 1.165) is 11.0 Å². The van der Waals surface area contributed by atoms with Gasteiger partial charge < -0.3 is 4.98 Å². The smallest absolute Gasteiger partial charge is 0.216 e. The second kappa shape index (κ2) is 6.08. The number of para-hydroxylation sites is 2. The average Bonchev–Trinajstić information content (AvgIpc) is 2.91. The van der Waals surface area contributed by atoms with Gasteiger partial charge in [-0.3, -0.25) is 0 Å². The number of nitrogens with one attached hydrogen (secondary N) is 2. The molecule has 0 spiro atoms. The average molecular weight is 336 g/mol. The summed E-state index contributed by atoms with van der Waals surface area (Å²) in [6, 6.07) is 14.4. The van der Waals surface area contributed by atoms with Crippen molar-refractivity contribution in [2.24, 2.45) is 0 Å². The van der Waals surface area contributed by atoms with E-state index in [1.165, 1.54) is 0 Å². The first-order chi connectivity index (χ1) is 10.5. The normalized spacial score (nSPS) is 11.9. The Hall–Kier alpha value is -1.89. The number of hydrogen-bond acceptors (Lipinski definition) is 3. The van der Waals surface area contributed by atoms with Crippen LogP contribution in [-0.4, -0.2) is 18.4 Å². The summed E-state index contributed by atoms with van der Waals surface area (Å²) in [7, 11) is -3.49. The first-order valence-corrected chi connectivity index (χ1v) is 8.71. The maximum atomic E-state index is 12.1. The van der Waals surface area contributed by atoms with Crippen LogP contribution in [-0.2, 0) is 22.3 Å². The molecule has 0 unspecified atom stereocenters. The number of imidazole rings is 1. The Morgan fingerprint density at radius 1 is 1.09 bits per heavy atom. The highest BCUT2D eigenvalue weighted by Crippen LogP contribution is 2.17. The zero-order valence-electron chi connectivity index (χ0n) is 11.6. The molecule has 3 aromatic rings. The van der Waals surface area contributed by atoms with Gasteiger partial charge in [-0.2, -0.15) is 0 Å². The van der Waals surface area contributed by atoms with Crippen molar-refractivity contribution in [3.05, 3.63) is 64.9 Å². The van der Waals surface area contributed by atoms with Gasteiger partial charge in [0, 0.05) is 5.02 Å². The molecular weight excluding hydrogens is 322 g/mol. The van der Waals surface area contributed by atoms with Crippen molar-refractivity contribution < 1.29 is 8.42 Å². The number of aromatic nitrogens is 2. The van der Waals surface area contributed by atoms with Crippen LogP contribution in [0.5, 0.6) is 0 Å². The third kappa shape index (κ3) is 3.47. The van der Waals surface area contributed by atoms with Crippen LogP contribution in [0.15, 0.2) is 48.5 Å². The summed E-state index contributed by atoms with van der Waals surface area (Å²) in [6.45, 7) is 0.113. The van der Waals surface area contributed by atoms with Crippen LogP contribution in [0.4, 0.5) is 0 Å². The highest BCUT2D eigenvalue weighted by molar-refractivity contribution is 7.88. The van der Waals surface area contributed by atoms with E-state index in [-0.39, 0.29) is 12.3 Å². The molecule has 1 heterocycles. The number of aromatic amines is 1. The van der Waals surface area contributed by atoms with E-state index in [9.17, 15) is 8.42 Å². The number of fused-ring (bicyclic) bond motifs is 1. The van der Waals surface area contributed by atoms with Gasteiger partial charge in [0.25, 0.3) is 0 Å². The number of H-pyrrole nitrogens is 1. The van der Waals surface area contributed by atoms with E-state index in [4.69, 9.17) is 11.6 Å². The molecule has 0 aliphatic carbocycles. The topological polar surface area (TPSA) is 74.8 Å². The van der Waals surface area contributed by atoms with Gasteiger partial charge in [0.05, 0.1) is 23.3 Å². The fourth-order valence-electron chi connectivity index (χ4n) is 2.14. The molecule has 0 atom stereocenters. The lowest BCUT2D eigenvalue weighted by Gasteiger charge is -2.06. The molecule has 5 nitrogen and oxygen atoms in total. The van der Waals surface area contributed by atoms with Gasteiger partial charge in [0.1, 0.15) is 5.82 Å². The molecule has 22 heavy (non-hydrogen) atoms. The van der Waals surface area contributed by atoms with Crippen molar-refractivity contribution in [3.8, 4) is 0 Å². The van der Waals surface area contributed by atoms with Crippen LogP contribution in [0.1, 0.15) is 11.4 Å². The monoisotopic (exact) mass is 335 g/mol. The molecule has 0 saturated carbocycles. The lowest BCUT2D eigenvalue weighted by Crippen LogP contribution is -2.25. The Kier molecular flexibility index (Phi) is 4.15. The lowest BCUT2D eigenvalue weighted by atomic mass is 10.2. The Morgan fingerprint density at radius 2 is 1.82 bits per heavy atom.